The summed E-state index contributed by atoms with van der Waals surface area (Å²) in [6.07, 6.45) is 4.88. The molecule has 0 atom stereocenters. The second kappa shape index (κ2) is 11.2. The highest BCUT2D eigenvalue weighted by Crippen LogP contribution is 2.34. The lowest BCUT2D eigenvalue weighted by molar-refractivity contribution is 0.214. The minimum Gasteiger partial charge on any atom is -0.496 e. The van der Waals surface area contributed by atoms with Crippen LogP contribution in [0.1, 0.15) is 17.9 Å². The largest absolute Gasteiger partial charge is 0.496 e. The van der Waals surface area contributed by atoms with E-state index in [-0.39, 0.29) is 0 Å². The van der Waals surface area contributed by atoms with Crippen molar-refractivity contribution in [3.8, 4) is 22.6 Å². The number of fused-ring (bicyclic) bond motifs is 1. The Hall–Kier alpha value is -3.61. The minimum atomic E-state index is 0.574. The molecule has 1 aliphatic heterocycles. The summed E-state index contributed by atoms with van der Waals surface area (Å²) in [5.74, 6) is 2.25. The average Bonchev–Trinajstić information content (AvgIpc) is 3.34. The lowest BCUT2D eigenvalue weighted by atomic mass is 10.0. The number of nitrogens with zero attached hydrogens (tertiary/aromatic N) is 2. The van der Waals surface area contributed by atoms with Crippen molar-refractivity contribution in [2.24, 2.45) is 0 Å². The monoisotopic (exact) mass is 469 g/mol. The van der Waals surface area contributed by atoms with Crippen LogP contribution >= 0.6 is 0 Å². The van der Waals surface area contributed by atoms with Gasteiger partial charge in [-0.1, -0.05) is 42.5 Å². The van der Waals surface area contributed by atoms with Crippen LogP contribution in [0.4, 0.5) is 0 Å². The normalized spacial score (nSPS) is 14.5. The van der Waals surface area contributed by atoms with Crippen LogP contribution in [0.3, 0.4) is 0 Å². The van der Waals surface area contributed by atoms with Crippen molar-refractivity contribution in [3.63, 3.8) is 0 Å². The fourth-order valence-corrected chi connectivity index (χ4v) is 4.38. The number of methoxy groups -OCH3 is 1. The lowest BCUT2D eigenvalue weighted by Crippen LogP contribution is -2.43. The summed E-state index contributed by atoms with van der Waals surface area (Å²) in [5.41, 5.74) is 4.70. The van der Waals surface area contributed by atoms with Crippen LogP contribution in [-0.4, -0.2) is 56.3 Å². The fraction of sp³-hybridized carbons (Fsp3) is 0.276. The number of para-hydroxylation sites is 3. The second-order valence-corrected chi connectivity index (χ2v) is 8.60. The van der Waals surface area contributed by atoms with E-state index in [0.29, 0.717) is 12.5 Å². The molecule has 1 fully saturated rings. The van der Waals surface area contributed by atoms with Gasteiger partial charge in [-0.2, -0.15) is 0 Å². The Morgan fingerprint density at radius 2 is 1.80 bits per heavy atom. The molecule has 6 nitrogen and oxygen atoms in total. The average molecular weight is 470 g/mol. The predicted octanol–water partition coefficient (Wildman–Crippen LogP) is 5.35. The first-order valence-electron chi connectivity index (χ1n) is 12.2. The van der Waals surface area contributed by atoms with Gasteiger partial charge < -0.3 is 24.1 Å². The third-order valence-electron chi connectivity index (χ3n) is 6.23. The highest BCUT2D eigenvalue weighted by molar-refractivity contribution is 5.79. The smallest absolute Gasteiger partial charge is 0.220 e. The minimum absolute atomic E-state index is 0.574. The van der Waals surface area contributed by atoms with Gasteiger partial charge in [0, 0.05) is 49.9 Å². The number of benzene rings is 3. The molecule has 180 valence electrons. The number of nitrogens with one attached hydrogen (secondary N) is 1. The molecule has 1 N–H and O–H groups in total. The van der Waals surface area contributed by atoms with E-state index in [0.717, 1.165) is 78.4 Å². The number of ether oxygens (including phenoxy) is 2. The Morgan fingerprint density at radius 3 is 2.66 bits per heavy atom. The number of piperazine rings is 1. The van der Waals surface area contributed by atoms with Gasteiger partial charge in [0.2, 0.25) is 5.89 Å². The van der Waals surface area contributed by atoms with Crippen LogP contribution < -0.4 is 14.8 Å². The Balaban J connectivity index is 1.37. The third-order valence-corrected chi connectivity index (χ3v) is 6.23. The number of hydrogen-bond acceptors (Lipinski definition) is 6. The molecule has 4 aromatic rings. The maximum absolute atomic E-state index is 6.33. The second-order valence-electron chi connectivity index (χ2n) is 8.60. The molecule has 0 saturated carbocycles. The van der Waals surface area contributed by atoms with E-state index in [1.807, 2.05) is 54.6 Å². The Kier molecular flexibility index (Phi) is 7.41. The molecule has 5 rings (SSSR count). The van der Waals surface area contributed by atoms with Gasteiger partial charge in [-0.15, -0.1) is 0 Å². The van der Waals surface area contributed by atoms with Gasteiger partial charge in [0.05, 0.1) is 13.7 Å². The first kappa shape index (κ1) is 23.1. The Morgan fingerprint density at radius 1 is 0.971 bits per heavy atom. The molecule has 3 aromatic carbocycles. The SMILES string of the molecule is COc1ccccc1-c1ccc(/C=C/c2nc3ccccc3o2)c(OCCCN2CCNCC2)c1. The summed E-state index contributed by atoms with van der Waals surface area (Å²) in [5, 5.41) is 3.40. The van der Waals surface area contributed by atoms with E-state index >= 15 is 0 Å². The zero-order valence-electron chi connectivity index (χ0n) is 20.1. The molecule has 1 aliphatic rings. The maximum Gasteiger partial charge on any atom is 0.220 e. The molecule has 0 radical (unpaired) electrons. The van der Waals surface area contributed by atoms with E-state index in [4.69, 9.17) is 13.9 Å². The van der Waals surface area contributed by atoms with E-state index < -0.39 is 0 Å². The maximum atomic E-state index is 6.33. The summed E-state index contributed by atoms with van der Waals surface area (Å²) >= 11 is 0. The molecular formula is C29H31N3O3. The van der Waals surface area contributed by atoms with Crippen LogP contribution in [0, 0.1) is 0 Å². The van der Waals surface area contributed by atoms with E-state index in [1.165, 1.54) is 0 Å². The van der Waals surface area contributed by atoms with Crippen molar-refractivity contribution < 1.29 is 13.9 Å². The van der Waals surface area contributed by atoms with Crippen LogP contribution in [0.15, 0.2) is 71.1 Å². The first-order chi connectivity index (χ1) is 17.3. The lowest BCUT2D eigenvalue weighted by Gasteiger charge is -2.27. The van der Waals surface area contributed by atoms with Crippen LogP contribution in [0.2, 0.25) is 0 Å². The van der Waals surface area contributed by atoms with Gasteiger partial charge in [0.25, 0.3) is 0 Å². The number of oxazole rings is 1. The summed E-state index contributed by atoms with van der Waals surface area (Å²) < 4.78 is 17.8. The van der Waals surface area contributed by atoms with Crippen molar-refractivity contribution in [2.45, 2.75) is 6.42 Å². The molecule has 0 amide bonds. The van der Waals surface area contributed by atoms with Crippen LogP contribution in [-0.2, 0) is 0 Å². The van der Waals surface area contributed by atoms with E-state index in [2.05, 4.69) is 39.5 Å². The summed E-state index contributed by atoms with van der Waals surface area (Å²) in [6, 6.07) is 22.1. The molecule has 6 heteroatoms. The molecule has 1 saturated heterocycles. The van der Waals surface area contributed by atoms with Crippen molar-refractivity contribution >= 4 is 23.3 Å². The quantitative estimate of drug-likeness (QED) is 0.334. The van der Waals surface area contributed by atoms with Gasteiger partial charge in [0.1, 0.15) is 17.0 Å². The van der Waals surface area contributed by atoms with Gasteiger partial charge >= 0.3 is 0 Å². The highest BCUT2D eigenvalue weighted by Gasteiger charge is 2.11. The predicted molar refractivity (Wildman–Crippen MR) is 141 cm³/mol. The summed E-state index contributed by atoms with van der Waals surface area (Å²) in [6.45, 7) is 6.02. The molecule has 0 aliphatic carbocycles. The fourth-order valence-electron chi connectivity index (χ4n) is 4.38. The van der Waals surface area contributed by atoms with Gasteiger partial charge in [-0.25, -0.2) is 4.98 Å². The molecular weight excluding hydrogens is 438 g/mol. The molecule has 0 bridgehead atoms. The van der Waals surface area contributed by atoms with Crippen molar-refractivity contribution in [1.82, 2.24) is 15.2 Å². The summed E-state index contributed by atoms with van der Waals surface area (Å²) in [7, 11) is 1.70. The number of hydrogen-bond donors (Lipinski definition) is 1. The molecule has 0 spiro atoms. The Labute approximate surface area is 206 Å². The van der Waals surface area contributed by atoms with E-state index in [9.17, 15) is 0 Å². The van der Waals surface area contributed by atoms with Gasteiger partial charge in [-0.3, -0.25) is 0 Å². The van der Waals surface area contributed by atoms with E-state index in [1.54, 1.807) is 7.11 Å². The third kappa shape index (κ3) is 5.73. The number of aromatic nitrogens is 1. The summed E-state index contributed by atoms with van der Waals surface area (Å²) in [4.78, 5) is 7.04. The molecule has 0 unspecified atom stereocenters. The van der Waals surface area contributed by atoms with Gasteiger partial charge in [0.15, 0.2) is 5.58 Å². The standard InChI is InChI=1S/C29H31N3O3/c1-33-26-9-4-2-7-24(26)23-12-11-22(13-14-29-31-25-8-3-5-10-27(25)35-29)28(21-23)34-20-6-17-32-18-15-30-16-19-32/h2-5,7-14,21,30H,6,15-20H2,1H3/b14-13+. The Bertz CT molecular complexity index is 1260. The topological polar surface area (TPSA) is 59.8 Å². The van der Waals surface area contributed by atoms with Crippen molar-refractivity contribution in [3.05, 3.63) is 78.2 Å². The number of rotatable bonds is 9. The van der Waals surface area contributed by atoms with Crippen molar-refractivity contribution in [2.75, 3.05) is 46.4 Å². The molecule has 2 heterocycles. The molecule has 35 heavy (non-hydrogen) atoms. The molecule has 1 aromatic heterocycles. The van der Waals surface area contributed by atoms with Crippen molar-refractivity contribution in [1.29, 1.82) is 0 Å². The van der Waals surface area contributed by atoms with Crippen LogP contribution in [0.5, 0.6) is 11.5 Å². The first-order valence-corrected chi connectivity index (χ1v) is 12.2. The highest BCUT2D eigenvalue weighted by atomic mass is 16.5. The zero-order valence-corrected chi connectivity index (χ0v) is 20.1. The zero-order chi connectivity index (χ0) is 23.9. The van der Waals surface area contributed by atoms with Crippen LogP contribution in [0.25, 0.3) is 34.4 Å². The van der Waals surface area contributed by atoms with Gasteiger partial charge in [-0.05, 0) is 42.3 Å².